The third kappa shape index (κ3) is 18.9. The number of ether oxygens (including phenoxy) is 6. The van der Waals surface area contributed by atoms with Crippen molar-refractivity contribution in [1.82, 2.24) is 20.4 Å². The van der Waals surface area contributed by atoms with E-state index in [2.05, 4.69) is 44.6 Å². The molecule has 0 unspecified atom stereocenters. The van der Waals surface area contributed by atoms with Crippen molar-refractivity contribution in [2.75, 3.05) is 38.0 Å². The Morgan fingerprint density at radius 2 is 1.03 bits per heavy atom. The van der Waals surface area contributed by atoms with Crippen LogP contribution in [0.1, 0.15) is 171 Å². The lowest BCUT2D eigenvalue weighted by Crippen LogP contribution is -2.57. The summed E-state index contributed by atoms with van der Waals surface area (Å²) in [6, 6.07) is 6.05. The quantitative estimate of drug-likeness (QED) is 0.128. The summed E-state index contributed by atoms with van der Waals surface area (Å²) in [5.74, 6) is -2.93. The van der Waals surface area contributed by atoms with Crippen LogP contribution in [-0.2, 0) is 70.0 Å². The Morgan fingerprint density at radius 1 is 0.667 bits per heavy atom. The molecule has 8 rings (SSSR count). The molecule has 99 heavy (non-hydrogen) atoms. The van der Waals surface area contributed by atoms with Crippen LogP contribution in [0, 0.1) is 42.9 Å². The Bertz CT molecular complexity index is 3530. The maximum Gasteiger partial charge on any atom is 0.328 e. The maximum atomic E-state index is 14.1. The van der Waals surface area contributed by atoms with E-state index in [0.717, 1.165) is 33.4 Å². The Labute approximate surface area is 597 Å². The number of benzene rings is 2. The molecule has 20 nitrogen and oxygen atoms in total. The number of nitrogens with zero attached hydrogens (tertiary/aromatic N) is 4. The molecule has 2 aromatic carbocycles. The summed E-state index contributed by atoms with van der Waals surface area (Å²) in [5.41, 5.74) is 2.04. The first kappa shape index (κ1) is 79.6. The van der Waals surface area contributed by atoms with E-state index in [9.17, 15) is 39.0 Å². The number of esters is 2. The van der Waals surface area contributed by atoms with Gasteiger partial charge in [-0.15, -0.1) is 0 Å². The molecule has 6 aliphatic heterocycles. The number of aliphatic hydroxyl groups is 2. The van der Waals surface area contributed by atoms with E-state index in [1.807, 2.05) is 137 Å². The highest BCUT2D eigenvalue weighted by Gasteiger charge is 2.66. The smallest absolute Gasteiger partial charge is 0.328 e. The monoisotopic (exact) mass is 1410 g/mol. The van der Waals surface area contributed by atoms with Gasteiger partial charge in [-0.3, -0.25) is 19.2 Å². The van der Waals surface area contributed by atoms with Crippen LogP contribution in [0.3, 0.4) is 0 Å². The van der Waals surface area contributed by atoms with Crippen molar-refractivity contribution in [2.24, 2.45) is 29.1 Å². The van der Waals surface area contributed by atoms with Crippen molar-refractivity contribution in [1.29, 1.82) is 0 Å². The first-order valence-corrected chi connectivity index (χ1v) is 35.5. The molecule has 6 heterocycles. The van der Waals surface area contributed by atoms with Crippen LogP contribution >= 0.6 is 23.2 Å². The molecule has 8 bridgehead atoms. The van der Waals surface area contributed by atoms with E-state index in [1.54, 1.807) is 42.0 Å². The van der Waals surface area contributed by atoms with Gasteiger partial charge in [0.15, 0.2) is 11.8 Å². The molecule has 4 N–H and O–H groups in total. The zero-order valence-electron chi connectivity index (χ0n) is 62.0. The molecular formula is C77H110Cl2N6O14. The Kier molecular flexibility index (Phi) is 25.5. The highest BCUT2D eigenvalue weighted by Crippen LogP contribution is 2.52. The van der Waals surface area contributed by atoms with E-state index in [1.165, 1.54) is 19.6 Å². The lowest BCUT2D eigenvalue weighted by Gasteiger charge is -2.44. The number of fused-ring (bicyclic) bond motifs is 10. The second-order valence-corrected chi connectivity index (χ2v) is 31.1. The molecule has 0 saturated carbocycles. The average Bonchev–Trinajstić information content (AvgIpc) is 1.58. The van der Waals surface area contributed by atoms with Gasteiger partial charge in [-0.05, 0) is 134 Å². The zero-order chi connectivity index (χ0) is 73.9. The van der Waals surface area contributed by atoms with Crippen LogP contribution in [0.4, 0.5) is 11.4 Å². The van der Waals surface area contributed by atoms with Gasteiger partial charge < -0.3 is 68.9 Å². The number of amides is 4. The van der Waals surface area contributed by atoms with E-state index in [-0.39, 0.29) is 90.2 Å². The van der Waals surface area contributed by atoms with Crippen molar-refractivity contribution in [3.05, 3.63) is 129 Å². The molecular weight excluding hydrogens is 1300 g/mol. The lowest BCUT2D eigenvalue weighted by molar-refractivity contribution is -0.162. The minimum atomic E-state index is -1.34. The topological polar surface area (TPSA) is 242 Å². The van der Waals surface area contributed by atoms with Gasteiger partial charge >= 0.3 is 11.9 Å². The third-order valence-corrected chi connectivity index (χ3v) is 22.0. The molecule has 0 radical (unpaired) electrons. The molecule has 22 heteroatoms. The molecule has 16 atom stereocenters. The summed E-state index contributed by atoms with van der Waals surface area (Å²) >= 11 is 13.6. The molecule has 4 saturated heterocycles. The van der Waals surface area contributed by atoms with Gasteiger partial charge in [0.2, 0.25) is 23.6 Å². The normalized spacial score (nSPS) is 32.8. The second kappa shape index (κ2) is 31.7. The van der Waals surface area contributed by atoms with Gasteiger partial charge in [-0.2, -0.15) is 0 Å². The number of aryl methyl sites for hydroxylation is 2. The second-order valence-electron chi connectivity index (χ2n) is 30.4. The fraction of sp³-hybridized carbons (Fsp3) is 0.610. The lowest BCUT2D eigenvalue weighted by atomic mass is 9.82. The average molecular weight is 1410 g/mol. The fourth-order valence-electron chi connectivity index (χ4n) is 13.6. The van der Waals surface area contributed by atoms with Crippen molar-refractivity contribution in [3.8, 4) is 0 Å². The largest absolute Gasteiger partial charge is 0.476 e. The standard InChI is InChI=1S/C40H58ClN3O7.C37H52ClN3O7/c1-23-14-13-15-25(3)40(48)22-31(49-28(6)42-40)26(4)36-39(10,51-36)32(50-37(47)27(5)43(11)33(45)16-17-38(7,8)9)21-34(46)44(12)30-20-29(18-23)19-24(2)35(30)41;1-11-13-31(42)40(9)25(6)35(44)47-30-19-32(43)41(10)28-18-27(17-22(3)33(28)38)16-21(2)14-12-15-23(4)37(45)20-29(46-26(7)39-37)24(5)34-36(30,8)48-34/h13-15,19-20,25-27,31-32,36,42,48H,6,16-18,21-22H2,1-5,7-12H3;12,14-15,17-18,23-25,29-30,34,39,45H,7,11,13,16,19-20H2,1-6,8-10H3/b15-13+,23-14+;15-12+,21-14+/t25-,26-,27+,31+,32+,36+,39+,40+;23-,24-,25+,29+,30+,34+,36+,37+/m11/s1. The van der Waals surface area contributed by atoms with Crippen LogP contribution in [0.2, 0.25) is 10.0 Å². The van der Waals surface area contributed by atoms with Crippen molar-refractivity contribution < 1.29 is 67.4 Å². The minimum Gasteiger partial charge on any atom is -0.476 e. The predicted molar refractivity (Wildman–Crippen MR) is 386 cm³/mol. The number of epoxide rings is 2. The zero-order valence-corrected chi connectivity index (χ0v) is 63.5. The molecule has 2 aromatic rings. The van der Waals surface area contributed by atoms with E-state index in [0.29, 0.717) is 59.9 Å². The van der Waals surface area contributed by atoms with Crippen LogP contribution in [0.15, 0.2) is 96.8 Å². The predicted octanol–water partition coefficient (Wildman–Crippen LogP) is 12.2. The van der Waals surface area contributed by atoms with Crippen molar-refractivity contribution in [3.63, 3.8) is 0 Å². The molecule has 546 valence electrons. The highest BCUT2D eigenvalue weighted by molar-refractivity contribution is 6.35. The van der Waals surface area contributed by atoms with Gasteiger partial charge in [0.1, 0.15) is 59.2 Å². The number of hydrogen-bond donors (Lipinski definition) is 4. The summed E-state index contributed by atoms with van der Waals surface area (Å²) in [6.07, 6.45) is 11.1. The molecule has 0 spiro atoms. The third-order valence-electron chi connectivity index (χ3n) is 21.0. The maximum absolute atomic E-state index is 14.1. The van der Waals surface area contributed by atoms with E-state index < -0.39 is 83.3 Å². The molecule has 4 fully saturated rings. The van der Waals surface area contributed by atoms with Gasteiger partial charge in [0.25, 0.3) is 0 Å². The number of nitrogens with one attached hydrogen (secondary N) is 2. The van der Waals surface area contributed by atoms with Crippen LogP contribution < -0.4 is 20.4 Å². The minimum absolute atomic E-state index is 0.0388. The van der Waals surface area contributed by atoms with Crippen LogP contribution in [0.5, 0.6) is 0 Å². The Hall–Kier alpha value is -6.68. The summed E-state index contributed by atoms with van der Waals surface area (Å²) in [7, 11) is 6.49. The number of rotatable bonds is 10. The molecule has 0 aromatic heterocycles. The molecule has 6 aliphatic rings. The fourth-order valence-corrected chi connectivity index (χ4v) is 14.1. The summed E-state index contributed by atoms with van der Waals surface area (Å²) in [4.78, 5) is 86.9. The van der Waals surface area contributed by atoms with Gasteiger partial charge in [-0.25, -0.2) is 9.59 Å². The summed E-state index contributed by atoms with van der Waals surface area (Å²) in [5, 5.41) is 30.6. The van der Waals surface area contributed by atoms with Gasteiger partial charge in [0, 0.05) is 77.5 Å². The number of carbonyl (C=O) groups is 6. The van der Waals surface area contributed by atoms with Crippen molar-refractivity contribution >= 4 is 70.1 Å². The number of allylic oxidation sites excluding steroid dienone is 6. The molecule has 0 aliphatic carbocycles. The van der Waals surface area contributed by atoms with Gasteiger partial charge in [0.05, 0.1) is 46.5 Å². The SMILES string of the molecule is C=C1N[C@]2(O)C[C@H](O1)[C@@H](C)[C@@H]1O[C@@]1(C)[C@@H](OC(=O)[C@H](C)N(C)C(=O)CCC(C)(C)C)CC(=O)N(C)c1cc(cc(C)c1Cl)C/C(C)=C/C=C/[C@H]2C.C=C1N[C@]2(O)C[C@H](O1)[C@@H](C)[C@@H]1O[C@@]1(C)[C@@H](OC(=O)[C@H](C)N(C)C(=O)CCC)CC(=O)N(C)c1cc(cc(C)c1Cl)C/C(C)=C/C=C/[C@H]2C. The Morgan fingerprint density at radius 3 is 1.38 bits per heavy atom. The number of hydrogen-bond acceptors (Lipinski definition) is 16. The Balaban J connectivity index is 0.000000279. The van der Waals surface area contributed by atoms with Crippen LogP contribution in [0.25, 0.3) is 0 Å². The van der Waals surface area contributed by atoms with E-state index >= 15 is 0 Å². The number of anilines is 2. The van der Waals surface area contributed by atoms with Gasteiger partial charge in [-0.1, -0.05) is 138 Å². The summed E-state index contributed by atoms with van der Waals surface area (Å²) in [6.45, 7) is 38.6. The van der Waals surface area contributed by atoms with E-state index in [4.69, 9.17) is 51.6 Å². The molecule has 4 amide bonds. The number of carbonyl (C=O) groups excluding carboxylic acids is 6. The number of likely N-dealkylation sites (N-methyl/N-ethyl adjacent to an activating group) is 2. The first-order valence-electron chi connectivity index (χ1n) is 34.8. The first-order chi connectivity index (χ1) is 46.0. The highest BCUT2D eigenvalue weighted by atomic mass is 35.5. The number of halogens is 2. The van der Waals surface area contributed by atoms with Crippen LogP contribution in [-0.4, -0.2) is 155 Å². The summed E-state index contributed by atoms with van der Waals surface area (Å²) < 4.78 is 37.2. The van der Waals surface area contributed by atoms with Crippen molar-refractivity contribution in [2.45, 2.75) is 246 Å².